The zero-order chi connectivity index (χ0) is 16.4. The number of nitrogens with zero attached hydrogens (tertiary/aromatic N) is 2. The molecule has 3 aromatic rings. The van der Waals surface area contributed by atoms with Crippen molar-refractivity contribution in [1.29, 1.82) is 0 Å². The third-order valence-corrected chi connectivity index (χ3v) is 4.73. The number of allylic oxidation sites excluding steroid dienone is 1. The van der Waals surface area contributed by atoms with Crippen LogP contribution in [0.1, 0.15) is 15.9 Å². The van der Waals surface area contributed by atoms with E-state index in [1.807, 2.05) is 41.8 Å². The standard InChI is InChI=1S/C18H15ClN2OS/c1-3-10-21-15-9-8-14(19)11-16(15)23-18(21)20-17(22)13-6-4-12(2)5-7-13/h3-9,11H,1,10H2,2H3. The summed E-state index contributed by atoms with van der Waals surface area (Å²) < 4.78 is 2.96. The summed E-state index contributed by atoms with van der Waals surface area (Å²) in [6.45, 7) is 6.35. The summed E-state index contributed by atoms with van der Waals surface area (Å²) in [4.78, 5) is 17.3. The van der Waals surface area contributed by atoms with Crippen LogP contribution in [0, 0.1) is 6.92 Å². The molecule has 0 aliphatic heterocycles. The van der Waals surface area contributed by atoms with Crippen LogP contribution in [0.15, 0.2) is 60.1 Å². The maximum Gasteiger partial charge on any atom is 0.279 e. The molecule has 0 saturated heterocycles. The Bertz CT molecular complexity index is 951. The molecule has 5 heteroatoms. The molecule has 0 saturated carbocycles. The molecule has 3 rings (SSSR count). The summed E-state index contributed by atoms with van der Waals surface area (Å²) in [6.07, 6.45) is 1.79. The van der Waals surface area contributed by atoms with Gasteiger partial charge in [0, 0.05) is 17.1 Å². The molecule has 0 spiro atoms. The van der Waals surface area contributed by atoms with Crippen LogP contribution in [0.3, 0.4) is 0 Å². The molecule has 3 nitrogen and oxygen atoms in total. The minimum absolute atomic E-state index is 0.250. The predicted octanol–water partition coefficient (Wildman–Crippen LogP) is 4.59. The van der Waals surface area contributed by atoms with Crippen molar-refractivity contribution in [3.8, 4) is 0 Å². The molecule has 1 amide bonds. The maximum absolute atomic E-state index is 12.4. The summed E-state index contributed by atoms with van der Waals surface area (Å²) in [7, 11) is 0. The molecular formula is C18H15ClN2OS. The van der Waals surface area contributed by atoms with Gasteiger partial charge in [0.25, 0.3) is 5.91 Å². The molecule has 0 radical (unpaired) electrons. The van der Waals surface area contributed by atoms with Crippen molar-refractivity contribution in [3.63, 3.8) is 0 Å². The Hall–Kier alpha value is -2.17. The Balaban J connectivity index is 2.13. The average Bonchev–Trinajstić information content (AvgIpc) is 2.85. The van der Waals surface area contributed by atoms with Gasteiger partial charge in [0.1, 0.15) is 0 Å². The minimum Gasteiger partial charge on any atom is -0.312 e. The lowest BCUT2D eigenvalue weighted by atomic mass is 10.1. The monoisotopic (exact) mass is 342 g/mol. The van der Waals surface area contributed by atoms with Gasteiger partial charge in [-0.05, 0) is 37.3 Å². The fourth-order valence-electron chi connectivity index (χ4n) is 2.29. The Morgan fingerprint density at radius 3 is 2.74 bits per heavy atom. The number of hydrogen-bond donors (Lipinski definition) is 0. The van der Waals surface area contributed by atoms with Gasteiger partial charge in [-0.3, -0.25) is 4.79 Å². The lowest BCUT2D eigenvalue weighted by molar-refractivity contribution is 0.0998. The lowest BCUT2D eigenvalue weighted by Gasteiger charge is -2.01. The van der Waals surface area contributed by atoms with E-state index < -0.39 is 0 Å². The number of thiazole rings is 1. The molecule has 2 aromatic carbocycles. The van der Waals surface area contributed by atoms with Gasteiger partial charge in [-0.15, -0.1) is 6.58 Å². The van der Waals surface area contributed by atoms with Crippen LogP contribution in [0.4, 0.5) is 0 Å². The van der Waals surface area contributed by atoms with Crippen LogP contribution in [0.2, 0.25) is 5.02 Å². The number of hydrogen-bond acceptors (Lipinski definition) is 2. The van der Waals surface area contributed by atoms with E-state index >= 15 is 0 Å². The summed E-state index contributed by atoms with van der Waals surface area (Å²) in [5, 5.41) is 0.668. The van der Waals surface area contributed by atoms with Gasteiger partial charge in [-0.1, -0.05) is 46.7 Å². The van der Waals surface area contributed by atoms with Crippen molar-refractivity contribution in [2.45, 2.75) is 13.5 Å². The van der Waals surface area contributed by atoms with E-state index in [-0.39, 0.29) is 5.91 Å². The zero-order valence-electron chi connectivity index (χ0n) is 12.6. The minimum atomic E-state index is -0.250. The van der Waals surface area contributed by atoms with Crippen LogP contribution in [0.25, 0.3) is 10.2 Å². The third-order valence-electron chi connectivity index (χ3n) is 3.45. The molecule has 116 valence electrons. The molecule has 1 aromatic heterocycles. The van der Waals surface area contributed by atoms with Crippen molar-refractivity contribution in [1.82, 2.24) is 4.57 Å². The molecule has 0 atom stereocenters. The van der Waals surface area contributed by atoms with Crippen molar-refractivity contribution < 1.29 is 4.79 Å². The highest BCUT2D eigenvalue weighted by Gasteiger charge is 2.09. The van der Waals surface area contributed by atoms with E-state index in [4.69, 9.17) is 11.6 Å². The molecule has 23 heavy (non-hydrogen) atoms. The first-order valence-corrected chi connectivity index (χ1v) is 8.33. The van der Waals surface area contributed by atoms with Crippen molar-refractivity contribution in [2.75, 3.05) is 0 Å². The number of carbonyl (C=O) groups excluding carboxylic acids is 1. The molecule has 0 aliphatic carbocycles. The van der Waals surface area contributed by atoms with E-state index in [0.717, 1.165) is 15.8 Å². The largest absolute Gasteiger partial charge is 0.312 e. The highest BCUT2D eigenvalue weighted by molar-refractivity contribution is 7.16. The average molecular weight is 343 g/mol. The maximum atomic E-state index is 12.4. The summed E-state index contributed by atoms with van der Waals surface area (Å²) in [6, 6.07) is 13.1. The lowest BCUT2D eigenvalue weighted by Crippen LogP contribution is -2.16. The molecule has 0 fully saturated rings. The Morgan fingerprint density at radius 2 is 2.04 bits per heavy atom. The van der Waals surface area contributed by atoms with E-state index in [2.05, 4.69) is 11.6 Å². The first kappa shape index (κ1) is 15.7. The van der Waals surface area contributed by atoms with Gasteiger partial charge in [-0.25, -0.2) is 0 Å². The summed E-state index contributed by atoms with van der Waals surface area (Å²) >= 11 is 7.50. The van der Waals surface area contributed by atoms with Crippen LogP contribution in [-0.4, -0.2) is 10.5 Å². The quantitative estimate of drug-likeness (QED) is 0.641. The van der Waals surface area contributed by atoms with Gasteiger partial charge < -0.3 is 4.57 Å². The van der Waals surface area contributed by atoms with E-state index in [9.17, 15) is 4.79 Å². The fourth-order valence-corrected chi connectivity index (χ4v) is 3.60. The first-order chi connectivity index (χ1) is 11.1. The predicted molar refractivity (Wildman–Crippen MR) is 96.1 cm³/mol. The topological polar surface area (TPSA) is 34.4 Å². The highest BCUT2D eigenvalue weighted by atomic mass is 35.5. The van der Waals surface area contributed by atoms with Crippen molar-refractivity contribution >= 4 is 39.1 Å². The van der Waals surface area contributed by atoms with Crippen LogP contribution >= 0.6 is 22.9 Å². The van der Waals surface area contributed by atoms with Gasteiger partial charge in [0.15, 0.2) is 4.80 Å². The van der Waals surface area contributed by atoms with Gasteiger partial charge in [0.2, 0.25) is 0 Å². The third kappa shape index (κ3) is 3.28. The molecule has 0 unspecified atom stereocenters. The molecule has 0 bridgehead atoms. The number of aromatic nitrogens is 1. The summed E-state index contributed by atoms with van der Waals surface area (Å²) in [5.41, 5.74) is 2.69. The second-order valence-electron chi connectivity index (χ2n) is 5.18. The number of benzene rings is 2. The number of fused-ring (bicyclic) bond motifs is 1. The fraction of sp³-hybridized carbons (Fsp3) is 0.111. The van der Waals surface area contributed by atoms with Crippen LogP contribution in [-0.2, 0) is 6.54 Å². The Labute approximate surface area is 143 Å². The second kappa shape index (κ2) is 6.52. The molecule has 0 aliphatic rings. The van der Waals surface area contributed by atoms with E-state index in [1.165, 1.54) is 11.3 Å². The summed E-state index contributed by atoms with van der Waals surface area (Å²) in [5.74, 6) is -0.250. The first-order valence-electron chi connectivity index (χ1n) is 7.14. The zero-order valence-corrected chi connectivity index (χ0v) is 14.2. The smallest absolute Gasteiger partial charge is 0.279 e. The van der Waals surface area contributed by atoms with Crippen molar-refractivity contribution in [2.24, 2.45) is 4.99 Å². The van der Waals surface area contributed by atoms with Gasteiger partial charge >= 0.3 is 0 Å². The number of rotatable bonds is 3. The van der Waals surface area contributed by atoms with Crippen molar-refractivity contribution in [3.05, 3.63) is 76.1 Å². The van der Waals surface area contributed by atoms with E-state index in [1.54, 1.807) is 18.2 Å². The van der Waals surface area contributed by atoms with Gasteiger partial charge in [-0.2, -0.15) is 4.99 Å². The van der Waals surface area contributed by atoms with Crippen LogP contribution in [0.5, 0.6) is 0 Å². The number of amides is 1. The Morgan fingerprint density at radius 1 is 1.30 bits per heavy atom. The van der Waals surface area contributed by atoms with Crippen LogP contribution < -0.4 is 4.80 Å². The number of halogens is 1. The molecular weight excluding hydrogens is 328 g/mol. The van der Waals surface area contributed by atoms with Gasteiger partial charge in [0.05, 0.1) is 10.2 Å². The molecule has 1 heterocycles. The number of aryl methyl sites for hydroxylation is 1. The SMILES string of the molecule is C=CCn1c(=NC(=O)c2ccc(C)cc2)sc2cc(Cl)ccc21. The highest BCUT2D eigenvalue weighted by Crippen LogP contribution is 2.22. The normalized spacial score (nSPS) is 11.8. The second-order valence-corrected chi connectivity index (χ2v) is 6.62. The molecule has 0 N–H and O–H groups in total. The van der Waals surface area contributed by atoms with E-state index in [0.29, 0.717) is 21.9 Å². The number of carbonyl (C=O) groups is 1. The Kier molecular flexibility index (Phi) is 4.46.